The number of nitrogens with zero attached hydrogens (tertiary/aromatic N) is 1. The highest BCUT2D eigenvalue weighted by Gasteiger charge is 2.19. The first-order valence-corrected chi connectivity index (χ1v) is 3.60. The maximum atomic E-state index is 10.4. The summed E-state index contributed by atoms with van der Waals surface area (Å²) in [5.74, 6) is -1.29. The second-order valence-corrected chi connectivity index (χ2v) is 3.58. The van der Waals surface area contributed by atoms with Gasteiger partial charge in [0, 0.05) is 0 Å². The Kier molecular flexibility index (Phi) is 4.16. The van der Waals surface area contributed by atoms with Crippen LogP contribution in [0.5, 0.6) is 0 Å². The molecule has 12 heavy (non-hydrogen) atoms. The topological polar surface area (TPSA) is 69.6 Å². The summed E-state index contributed by atoms with van der Waals surface area (Å²) >= 11 is 0. The average molecular weight is 177 g/mol. The third kappa shape index (κ3) is 5.06. The summed E-state index contributed by atoms with van der Waals surface area (Å²) in [7, 11) is 5.49. The third-order valence-electron chi connectivity index (χ3n) is 1.25. The highest BCUT2D eigenvalue weighted by Crippen LogP contribution is 1.98. The average Bonchev–Trinajstić information content (AvgIpc) is 1.83. The molecule has 0 radical (unpaired) electrons. The number of aliphatic hydroxyl groups excluding tert-OH is 1. The molecule has 0 aromatic carbocycles. The smallest absolute Gasteiger partial charge is 0.148 e. The van der Waals surface area contributed by atoms with Crippen molar-refractivity contribution < 1.29 is 24.2 Å². The van der Waals surface area contributed by atoms with Crippen LogP contribution in [0.15, 0.2) is 0 Å². The molecule has 0 aliphatic carbocycles. The summed E-state index contributed by atoms with van der Waals surface area (Å²) in [4.78, 5) is 10.4. The van der Waals surface area contributed by atoms with Crippen LogP contribution in [-0.4, -0.2) is 56.1 Å². The fraction of sp³-hybridized carbons (Fsp3) is 0.857. The first-order chi connectivity index (χ1) is 5.37. The Hall–Kier alpha value is -0.650. The molecule has 1 atom stereocenters. The Bertz CT molecular complexity index is 152. The van der Waals surface area contributed by atoms with Gasteiger partial charge >= 0.3 is 0 Å². The Morgan fingerprint density at radius 3 is 2.33 bits per heavy atom. The predicted molar refractivity (Wildman–Crippen MR) is 39.9 cm³/mol. The van der Waals surface area contributed by atoms with Crippen molar-refractivity contribution in [2.75, 3.05) is 34.5 Å². The predicted octanol–water partition coefficient (Wildman–Crippen LogP) is -2.22. The van der Waals surface area contributed by atoms with E-state index in [1.54, 1.807) is 0 Å². The van der Waals surface area contributed by atoms with Crippen LogP contribution in [0.4, 0.5) is 0 Å². The van der Waals surface area contributed by atoms with Crippen molar-refractivity contribution >= 4 is 5.97 Å². The highest BCUT2D eigenvalue weighted by atomic mass is 16.6. The van der Waals surface area contributed by atoms with Gasteiger partial charge in [0.1, 0.15) is 19.4 Å². The van der Waals surface area contributed by atoms with Crippen LogP contribution < -0.4 is 5.11 Å². The number of rotatable bonds is 5. The zero-order chi connectivity index (χ0) is 9.78. The second kappa shape index (κ2) is 4.39. The number of hydrogen-bond acceptors (Lipinski definition) is 4. The minimum Gasteiger partial charge on any atom is -0.547 e. The number of hydrogen-bond donors (Lipinski definition) is 1. The number of ether oxygens (including phenoxy) is 1. The van der Waals surface area contributed by atoms with Gasteiger partial charge in [-0.25, -0.2) is 0 Å². The molecule has 0 heterocycles. The molecule has 0 saturated heterocycles. The van der Waals surface area contributed by atoms with Crippen LogP contribution in [0.25, 0.3) is 0 Å². The SMILES string of the molecule is C[N+](C)(C)CC(OCO)C(=O)[O-]. The van der Waals surface area contributed by atoms with E-state index < -0.39 is 18.9 Å². The molecule has 0 rings (SSSR count). The number of carboxylic acids is 1. The first-order valence-electron chi connectivity index (χ1n) is 3.60. The van der Waals surface area contributed by atoms with E-state index in [0.29, 0.717) is 4.48 Å². The molecule has 0 fully saturated rings. The van der Waals surface area contributed by atoms with Crippen LogP contribution in [0.1, 0.15) is 0 Å². The van der Waals surface area contributed by atoms with E-state index in [2.05, 4.69) is 4.74 Å². The zero-order valence-electron chi connectivity index (χ0n) is 7.61. The molecule has 0 saturated carbocycles. The Labute approximate surface area is 71.8 Å². The van der Waals surface area contributed by atoms with Gasteiger partial charge in [-0.3, -0.25) is 0 Å². The standard InChI is InChI=1S/C7H15NO4/c1-8(2,3)4-6(7(10)11)12-5-9/h6,9H,4-5H2,1-3H3. The molecule has 72 valence electrons. The van der Waals surface area contributed by atoms with Gasteiger partial charge in [0.05, 0.1) is 27.1 Å². The van der Waals surface area contributed by atoms with Crippen molar-refractivity contribution in [3.8, 4) is 0 Å². The van der Waals surface area contributed by atoms with Crippen molar-refractivity contribution in [2.45, 2.75) is 6.10 Å². The number of carbonyl (C=O) groups excluding carboxylic acids is 1. The number of likely N-dealkylation sites (N-methyl/N-ethyl adjacent to an activating group) is 1. The van der Waals surface area contributed by atoms with Gasteiger partial charge in [-0.05, 0) is 0 Å². The summed E-state index contributed by atoms with van der Waals surface area (Å²) in [6, 6.07) is 0. The summed E-state index contributed by atoms with van der Waals surface area (Å²) in [5.41, 5.74) is 0. The number of aliphatic hydroxyl groups is 1. The van der Waals surface area contributed by atoms with Gasteiger partial charge in [-0.1, -0.05) is 0 Å². The van der Waals surface area contributed by atoms with Gasteiger partial charge in [0.25, 0.3) is 0 Å². The first kappa shape index (κ1) is 11.4. The number of quaternary nitrogens is 1. The molecule has 1 unspecified atom stereocenters. The number of aliphatic carboxylic acids is 1. The molecule has 0 aromatic rings. The van der Waals surface area contributed by atoms with Crippen molar-refractivity contribution in [1.82, 2.24) is 0 Å². The van der Waals surface area contributed by atoms with Gasteiger partial charge in [0.15, 0.2) is 0 Å². The van der Waals surface area contributed by atoms with E-state index >= 15 is 0 Å². The zero-order valence-corrected chi connectivity index (χ0v) is 7.61. The van der Waals surface area contributed by atoms with Crippen molar-refractivity contribution in [1.29, 1.82) is 0 Å². The molecule has 0 bridgehead atoms. The molecule has 0 spiro atoms. The van der Waals surface area contributed by atoms with Gasteiger partial charge in [0.2, 0.25) is 0 Å². The molecular weight excluding hydrogens is 162 g/mol. The van der Waals surface area contributed by atoms with Crippen LogP contribution >= 0.6 is 0 Å². The van der Waals surface area contributed by atoms with E-state index in [1.807, 2.05) is 21.1 Å². The van der Waals surface area contributed by atoms with Gasteiger partial charge < -0.3 is 24.2 Å². The number of carbonyl (C=O) groups is 1. The lowest BCUT2D eigenvalue weighted by atomic mass is 10.3. The summed E-state index contributed by atoms with van der Waals surface area (Å²) in [6.07, 6.45) is -1.05. The Balaban J connectivity index is 4.05. The van der Waals surface area contributed by atoms with E-state index in [9.17, 15) is 9.90 Å². The molecular formula is C7H15NO4. The maximum Gasteiger partial charge on any atom is 0.148 e. The monoisotopic (exact) mass is 177 g/mol. The van der Waals surface area contributed by atoms with Crippen molar-refractivity contribution in [2.24, 2.45) is 0 Å². The molecule has 5 heteroatoms. The van der Waals surface area contributed by atoms with E-state index in [1.165, 1.54) is 0 Å². The molecule has 0 aromatic heterocycles. The second-order valence-electron chi connectivity index (χ2n) is 3.58. The summed E-state index contributed by atoms with van der Waals surface area (Å²) in [6.45, 7) is -0.332. The van der Waals surface area contributed by atoms with E-state index in [0.717, 1.165) is 0 Å². The molecule has 5 nitrogen and oxygen atoms in total. The fourth-order valence-corrected chi connectivity index (χ4v) is 0.783. The lowest BCUT2D eigenvalue weighted by molar-refractivity contribution is -0.873. The van der Waals surface area contributed by atoms with Gasteiger partial charge in [-0.15, -0.1) is 0 Å². The molecule has 0 amide bonds. The maximum absolute atomic E-state index is 10.4. The number of carboxylic acid groups (broad SMARTS) is 1. The lowest BCUT2D eigenvalue weighted by Crippen LogP contribution is -2.50. The van der Waals surface area contributed by atoms with Crippen LogP contribution in [0, 0.1) is 0 Å². The van der Waals surface area contributed by atoms with Crippen LogP contribution in [0.2, 0.25) is 0 Å². The van der Waals surface area contributed by atoms with Gasteiger partial charge in [-0.2, -0.15) is 0 Å². The van der Waals surface area contributed by atoms with E-state index in [4.69, 9.17) is 5.11 Å². The highest BCUT2D eigenvalue weighted by molar-refractivity contribution is 5.70. The quantitative estimate of drug-likeness (QED) is 0.381. The molecule has 0 aliphatic rings. The minimum absolute atomic E-state index is 0.267. The van der Waals surface area contributed by atoms with Crippen molar-refractivity contribution in [3.63, 3.8) is 0 Å². The lowest BCUT2D eigenvalue weighted by Gasteiger charge is -2.29. The third-order valence-corrected chi connectivity index (χ3v) is 1.25. The van der Waals surface area contributed by atoms with E-state index in [-0.39, 0.29) is 6.54 Å². The van der Waals surface area contributed by atoms with Crippen molar-refractivity contribution in [3.05, 3.63) is 0 Å². The Morgan fingerprint density at radius 1 is 1.58 bits per heavy atom. The summed E-state index contributed by atoms with van der Waals surface area (Å²) in [5, 5.41) is 18.8. The fourth-order valence-electron chi connectivity index (χ4n) is 0.783. The molecule has 1 N–H and O–H groups in total. The normalized spacial score (nSPS) is 14.3. The molecule has 0 aliphatic heterocycles. The minimum atomic E-state index is -1.29. The Morgan fingerprint density at radius 2 is 2.08 bits per heavy atom. The van der Waals surface area contributed by atoms with Crippen LogP contribution in [-0.2, 0) is 9.53 Å². The largest absolute Gasteiger partial charge is 0.547 e. The van der Waals surface area contributed by atoms with Crippen LogP contribution in [0.3, 0.4) is 0 Å². The summed E-state index contributed by atoms with van der Waals surface area (Å²) < 4.78 is 5.00.